The fraction of sp³-hybridized carbons (Fsp3) is 0.625. The van der Waals surface area contributed by atoms with Crippen molar-refractivity contribution in [2.45, 2.75) is 12.8 Å². The summed E-state index contributed by atoms with van der Waals surface area (Å²) >= 11 is 0. The number of nitriles is 1. The summed E-state index contributed by atoms with van der Waals surface area (Å²) in [5, 5.41) is 8.57. The molecule has 0 bridgehead atoms. The van der Waals surface area contributed by atoms with E-state index in [4.69, 9.17) is 5.26 Å². The Kier molecular flexibility index (Phi) is 2.47. The summed E-state index contributed by atoms with van der Waals surface area (Å²) < 4.78 is 0. The van der Waals surface area contributed by atoms with E-state index in [0.29, 0.717) is 0 Å². The molecule has 0 radical (unpaired) electrons. The normalized spacial score (nSPS) is 21.0. The van der Waals surface area contributed by atoms with E-state index >= 15 is 0 Å². The van der Waals surface area contributed by atoms with Gasteiger partial charge in [0, 0.05) is 18.7 Å². The Morgan fingerprint density at radius 3 is 3.10 bits per heavy atom. The summed E-state index contributed by atoms with van der Waals surface area (Å²) in [5.41, 5.74) is 0.948. The van der Waals surface area contributed by atoms with Gasteiger partial charge in [0.1, 0.15) is 0 Å². The van der Waals surface area contributed by atoms with Gasteiger partial charge < -0.3 is 4.90 Å². The summed E-state index contributed by atoms with van der Waals surface area (Å²) in [6.45, 7) is 2.12. The molecule has 0 amide bonds. The molecule has 2 nitrogen and oxygen atoms in total. The zero-order valence-corrected chi connectivity index (χ0v) is 6.30. The van der Waals surface area contributed by atoms with E-state index in [1.165, 1.54) is 0 Å². The number of rotatable bonds is 0. The maximum atomic E-state index is 8.57. The fourth-order valence-electron chi connectivity index (χ4n) is 1.09. The molecule has 1 rings (SSSR count). The van der Waals surface area contributed by atoms with Crippen LogP contribution in [0.1, 0.15) is 12.8 Å². The lowest BCUT2D eigenvalue weighted by Gasteiger charge is -2.10. The Morgan fingerprint density at radius 2 is 2.40 bits per heavy atom. The average molecular weight is 136 g/mol. The van der Waals surface area contributed by atoms with Crippen LogP contribution in [0.3, 0.4) is 0 Å². The molecule has 0 saturated carbocycles. The Morgan fingerprint density at radius 1 is 1.60 bits per heavy atom. The lowest BCUT2D eigenvalue weighted by atomic mass is 10.2. The summed E-state index contributed by atoms with van der Waals surface area (Å²) in [5.74, 6) is 0. The zero-order valence-electron chi connectivity index (χ0n) is 6.30. The number of hydrogen-bond donors (Lipinski definition) is 0. The van der Waals surface area contributed by atoms with Gasteiger partial charge in [-0.15, -0.1) is 0 Å². The Balaban J connectivity index is 2.50. The van der Waals surface area contributed by atoms with Crippen LogP contribution in [0, 0.1) is 11.3 Å². The third-order valence-electron chi connectivity index (χ3n) is 1.81. The van der Waals surface area contributed by atoms with Gasteiger partial charge >= 0.3 is 0 Å². The van der Waals surface area contributed by atoms with E-state index in [-0.39, 0.29) is 0 Å². The molecule has 10 heavy (non-hydrogen) atoms. The lowest BCUT2D eigenvalue weighted by Crippen LogP contribution is -2.18. The molecule has 0 aliphatic carbocycles. The first-order valence-corrected chi connectivity index (χ1v) is 3.60. The molecule has 0 saturated heterocycles. The van der Waals surface area contributed by atoms with Crippen LogP contribution >= 0.6 is 0 Å². The Hall–Kier alpha value is -0.810. The van der Waals surface area contributed by atoms with Crippen molar-refractivity contribution in [1.29, 1.82) is 5.26 Å². The smallest absolute Gasteiger partial charge is 0.0944 e. The van der Waals surface area contributed by atoms with Crippen LogP contribution < -0.4 is 0 Å². The van der Waals surface area contributed by atoms with Crippen LogP contribution in [0.25, 0.3) is 0 Å². The highest BCUT2D eigenvalue weighted by Gasteiger charge is 2.04. The number of hydrogen-bond acceptors (Lipinski definition) is 2. The highest BCUT2D eigenvalue weighted by molar-refractivity contribution is 5.21. The number of nitrogens with zero attached hydrogens (tertiary/aromatic N) is 2. The van der Waals surface area contributed by atoms with Crippen molar-refractivity contribution in [1.82, 2.24) is 4.90 Å². The summed E-state index contributed by atoms with van der Waals surface area (Å²) in [6, 6.07) is 2.20. The quantitative estimate of drug-likeness (QED) is 0.499. The molecule has 1 heterocycles. The maximum Gasteiger partial charge on any atom is 0.0944 e. The van der Waals surface area contributed by atoms with Gasteiger partial charge in [0.2, 0.25) is 0 Å². The molecule has 2 heteroatoms. The summed E-state index contributed by atoms with van der Waals surface area (Å²) in [4.78, 5) is 2.25. The van der Waals surface area contributed by atoms with E-state index in [1.54, 1.807) is 0 Å². The third kappa shape index (κ3) is 1.85. The van der Waals surface area contributed by atoms with Crippen LogP contribution in [0.15, 0.2) is 11.6 Å². The second-order valence-corrected chi connectivity index (χ2v) is 2.68. The second-order valence-electron chi connectivity index (χ2n) is 2.68. The molecule has 0 aromatic carbocycles. The van der Waals surface area contributed by atoms with E-state index in [9.17, 15) is 0 Å². The summed E-state index contributed by atoms with van der Waals surface area (Å²) in [6.07, 6.45) is 4.00. The van der Waals surface area contributed by atoms with E-state index in [2.05, 4.69) is 18.0 Å². The molecule has 0 unspecified atom stereocenters. The molecule has 0 aromatic heterocycles. The van der Waals surface area contributed by atoms with E-state index < -0.39 is 0 Å². The van der Waals surface area contributed by atoms with E-state index in [0.717, 1.165) is 31.5 Å². The van der Waals surface area contributed by atoms with Gasteiger partial charge in [0.05, 0.1) is 6.07 Å². The predicted molar refractivity (Wildman–Crippen MR) is 40.4 cm³/mol. The fourth-order valence-corrected chi connectivity index (χ4v) is 1.09. The first-order valence-electron chi connectivity index (χ1n) is 3.60. The molecule has 0 aromatic rings. The van der Waals surface area contributed by atoms with E-state index in [1.807, 2.05) is 6.08 Å². The molecule has 1 aliphatic heterocycles. The molecular formula is C8H12N2. The Labute approximate surface area is 61.8 Å². The van der Waals surface area contributed by atoms with Crippen molar-refractivity contribution in [3.05, 3.63) is 11.6 Å². The molecule has 0 N–H and O–H groups in total. The maximum absolute atomic E-state index is 8.57. The molecule has 0 atom stereocenters. The SMILES string of the molecule is CN1CCC=C(C#N)CC1. The van der Waals surface area contributed by atoms with Crippen LogP contribution in [-0.4, -0.2) is 25.0 Å². The molecule has 1 aliphatic rings. The lowest BCUT2D eigenvalue weighted by molar-refractivity contribution is 0.353. The van der Waals surface area contributed by atoms with Crippen molar-refractivity contribution in [3.63, 3.8) is 0 Å². The monoisotopic (exact) mass is 136 g/mol. The standard InChI is InChI=1S/C8H12N2/c1-10-5-2-3-8(7-9)4-6-10/h3H,2,4-6H2,1H3. The van der Waals surface area contributed by atoms with Crippen LogP contribution in [-0.2, 0) is 0 Å². The molecule has 0 fully saturated rings. The van der Waals surface area contributed by atoms with Gasteiger partial charge in [-0.05, 0) is 19.9 Å². The average Bonchev–Trinajstić information content (AvgIpc) is 2.14. The highest BCUT2D eigenvalue weighted by Crippen LogP contribution is 2.07. The van der Waals surface area contributed by atoms with Crippen LogP contribution in [0.4, 0.5) is 0 Å². The van der Waals surface area contributed by atoms with Gasteiger partial charge in [0.25, 0.3) is 0 Å². The van der Waals surface area contributed by atoms with Crippen LogP contribution in [0.5, 0.6) is 0 Å². The Bertz CT molecular complexity index is 176. The van der Waals surface area contributed by atoms with Crippen molar-refractivity contribution in [2.24, 2.45) is 0 Å². The van der Waals surface area contributed by atoms with Gasteiger partial charge in [-0.2, -0.15) is 5.26 Å². The molecule has 54 valence electrons. The van der Waals surface area contributed by atoms with Gasteiger partial charge in [-0.3, -0.25) is 0 Å². The van der Waals surface area contributed by atoms with Crippen molar-refractivity contribution < 1.29 is 0 Å². The first-order chi connectivity index (χ1) is 4.83. The second kappa shape index (κ2) is 3.38. The first kappa shape index (κ1) is 7.30. The highest BCUT2D eigenvalue weighted by atomic mass is 15.1. The van der Waals surface area contributed by atoms with Crippen molar-refractivity contribution in [2.75, 3.05) is 20.1 Å². The van der Waals surface area contributed by atoms with Gasteiger partial charge in [-0.25, -0.2) is 0 Å². The topological polar surface area (TPSA) is 27.0 Å². The largest absolute Gasteiger partial charge is 0.306 e. The predicted octanol–water partition coefficient (Wildman–Crippen LogP) is 1.16. The minimum absolute atomic E-state index is 0.924. The van der Waals surface area contributed by atoms with Crippen molar-refractivity contribution >= 4 is 0 Å². The van der Waals surface area contributed by atoms with Gasteiger partial charge in [-0.1, -0.05) is 6.08 Å². The minimum Gasteiger partial charge on any atom is -0.306 e. The minimum atomic E-state index is 0.924. The summed E-state index contributed by atoms with van der Waals surface area (Å²) in [7, 11) is 2.09. The molecule has 0 spiro atoms. The molecular weight excluding hydrogens is 124 g/mol. The third-order valence-corrected chi connectivity index (χ3v) is 1.81. The van der Waals surface area contributed by atoms with Gasteiger partial charge in [0.15, 0.2) is 0 Å². The van der Waals surface area contributed by atoms with Crippen molar-refractivity contribution in [3.8, 4) is 6.07 Å². The van der Waals surface area contributed by atoms with Crippen LogP contribution in [0.2, 0.25) is 0 Å². The zero-order chi connectivity index (χ0) is 7.40.